The summed E-state index contributed by atoms with van der Waals surface area (Å²) in [4.78, 5) is 34.2. The van der Waals surface area contributed by atoms with Crippen LogP contribution in [0.25, 0.3) is 10.9 Å². The van der Waals surface area contributed by atoms with Crippen molar-refractivity contribution in [1.82, 2.24) is 19.4 Å². The number of hydrogen-bond acceptors (Lipinski definition) is 5. The van der Waals surface area contributed by atoms with Crippen LogP contribution in [0.5, 0.6) is 0 Å². The van der Waals surface area contributed by atoms with Crippen LogP contribution in [0.4, 0.5) is 0 Å². The molecule has 1 fully saturated rings. The van der Waals surface area contributed by atoms with Gasteiger partial charge in [-0.3, -0.25) is 14.2 Å². The van der Waals surface area contributed by atoms with Crippen molar-refractivity contribution in [1.29, 1.82) is 0 Å². The average Bonchev–Trinajstić information content (AvgIpc) is 2.66. The van der Waals surface area contributed by atoms with Gasteiger partial charge in [0.2, 0.25) is 5.91 Å². The summed E-state index contributed by atoms with van der Waals surface area (Å²) in [6.45, 7) is 6.09. The topological polar surface area (TPSA) is 58.4 Å². The molecule has 1 amide bonds. The molecule has 0 saturated carbocycles. The first-order chi connectivity index (χ1) is 12.6. The summed E-state index contributed by atoms with van der Waals surface area (Å²) in [7, 11) is 2.07. The Labute approximate surface area is 158 Å². The summed E-state index contributed by atoms with van der Waals surface area (Å²) in [5.41, 5.74) is 0.679. The number of nitrogens with zero attached hydrogens (tertiary/aromatic N) is 4. The zero-order valence-corrected chi connectivity index (χ0v) is 16.3. The summed E-state index contributed by atoms with van der Waals surface area (Å²) in [5.74, 6) is 0.438. The SMILES string of the molecule is CCCCn1c(SCC(=O)N2CCN(C)CC2)nc2ccccc2c1=O. The van der Waals surface area contributed by atoms with Gasteiger partial charge in [0, 0.05) is 32.7 Å². The number of benzene rings is 1. The van der Waals surface area contributed by atoms with Gasteiger partial charge in [-0.15, -0.1) is 0 Å². The second-order valence-electron chi connectivity index (χ2n) is 6.69. The number of hydrogen-bond donors (Lipinski definition) is 0. The van der Waals surface area contributed by atoms with Crippen LogP contribution in [0.3, 0.4) is 0 Å². The molecule has 1 aliphatic heterocycles. The van der Waals surface area contributed by atoms with Crippen molar-refractivity contribution in [3.05, 3.63) is 34.6 Å². The summed E-state index contributed by atoms with van der Waals surface area (Å²) in [5, 5.41) is 1.28. The van der Waals surface area contributed by atoms with Crippen LogP contribution >= 0.6 is 11.8 Å². The molecule has 1 aromatic heterocycles. The van der Waals surface area contributed by atoms with Crippen molar-refractivity contribution in [3.63, 3.8) is 0 Å². The van der Waals surface area contributed by atoms with E-state index in [4.69, 9.17) is 0 Å². The van der Waals surface area contributed by atoms with Crippen LogP contribution in [0.1, 0.15) is 19.8 Å². The summed E-state index contributed by atoms with van der Waals surface area (Å²) in [6, 6.07) is 7.42. The number of amides is 1. The number of thioether (sulfide) groups is 1. The summed E-state index contributed by atoms with van der Waals surface area (Å²) in [6.07, 6.45) is 1.92. The molecule has 2 heterocycles. The van der Waals surface area contributed by atoms with Crippen LogP contribution in [-0.4, -0.2) is 64.2 Å². The number of para-hydroxylation sites is 1. The van der Waals surface area contributed by atoms with Crippen molar-refractivity contribution < 1.29 is 4.79 Å². The molecule has 1 saturated heterocycles. The molecule has 6 nitrogen and oxygen atoms in total. The molecular weight excluding hydrogens is 348 g/mol. The van der Waals surface area contributed by atoms with E-state index >= 15 is 0 Å². The Morgan fingerprint density at radius 2 is 1.92 bits per heavy atom. The number of aromatic nitrogens is 2. The maximum atomic E-state index is 12.8. The van der Waals surface area contributed by atoms with E-state index in [0.29, 0.717) is 28.4 Å². The number of likely N-dealkylation sites (N-methyl/N-ethyl adjacent to an activating group) is 1. The van der Waals surface area contributed by atoms with Crippen LogP contribution in [0.15, 0.2) is 34.2 Å². The minimum absolute atomic E-state index is 0.0152. The third-order valence-electron chi connectivity index (χ3n) is 4.74. The Kier molecular flexibility index (Phi) is 6.32. The zero-order chi connectivity index (χ0) is 18.5. The fraction of sp³-hybridized carbons (Fsp3) is 0.526. The van der Waals surface area contributed by atoms with Gasteiger partial charge in [0.25, 0.3) is 5.56 Å². The smallest absolute Gasteiger partial charge is 0.262 e. The quantitative estimate of drug-likeness (QED) is 0.572. The Bertz CT molecular complexity index is 828. The van der Waals surface area contributed by atoms with Gasteiger partial charge < -0.3 is 9.80 Å². The predicted octanol–water partition coefficient (Wildman–Crippen LogP) is 2.06. The minimum atomic E-state index is -0.0152. The van der Waals surface area contributed by atoms with Gasteiger partial charge in [-0.05, 0) is 25.6 Å². The van der Waals surface area contributed by atoms with Crippen molar-refractivity contribution in [2.24, 2.45) is 0 Å². The molecule has 7 heteroatoms. The lowest BCUT2D eigenvalue weighted by atomic mass is 10.2. The largest absolute Gasteiger partial charge is 0.339 e. The lowest BCUT2D eigenvalue weighted by Gasteiger charge is -2.32. The summed E-state index contributed by atoms with van der Waals surface area (Å²) >= 11 is 1.38. The Hall–Kier alpha value is -1.86. The van der Waals surface area contributed by atoms with Crippen molar-refractivity contribution in [3.8, 4) is 0 Å². The van der Waals surface area contributed by atoms with Gasteiger partial charge in [0.1, 0.15) is 0 Å². The normalized spacial score (nSPS) is 15.5. The lowest BCUT2D eigenvalue weighted by Crippen LogP contribution is -2.47. The highest BCUT2D eigenvalue weighted by Crippen LogP contribution is 2.19. The molecule has 0 atom stereocenters. The molecule has 3 rings (SSSR count). The monoisotopic (exact) mass is 374 g/mol. The number of carbonyl (C=O) groups excluding carboxylic acids is 1. The van der Waals surface area contributed by atoms with Crippen LogP contribution in [0.2, 0.25) is 0 Å². The van der Waals surface area contributed by atoms with Crippen molar-refractivity contribution in [2.45, 2.75) is 31.5 Å². The maximum absolute atomic E-state index is 12.8. The molecule has 0 bridgehead atoms. The highest BCUT2D eigenvalue weighted by atomic mass is 32.2. The highest BCUT2D eigenvalue weighted by molar-refractivity contribution is 7.99. The first-order valence-electron chi connectivity index (χ1n) is 9.19. The predicted molar refractivity (Wildman–Crippen MR) is 106 cm³/mol. The van der Waals surface area contributed by atoms with Crippen molar-refractivity contribution in [2.75, 3.05) is 39.0 Å². The number of piperazine rings is 1. The molecule has 0 spiro atoms. The van der Waals surface area contributed by atoms with E-state index in [2.05, 4.69) is 23.9 Å². The minimum Gasteiger partial charge on any atom is -0.339 e. The van der Waals surface area contributed by atoms with E-state index in [1.807, 2.05) is 29.2 Å². The molecule has 0 unspecified atom stereocenters. The molecule has 2 aromatic rings. The van der Waals surface area contributed by atoms with E-state index in [0.717, 1.165) is 39.0 Å². The molecule has 0 radical (unpaired) electrons. The Morgan fingerprint density at radius 1 is 1.19 bits per heavy atom. The van der Waals surface area contributed by atoms with E-state index < -0.39 is 0 Å². The Morgan fingerprint density at radius 3 is 2.65 bits per heavy atom. The lowest BCUT2D eigenvalue weighted by molar-refractivity contribution is -0.129. The van der Waals surface area contributed by atoms with E-state index in [9.17, 15) is 9.59 Å². The molecule has 1 aromatic carbocycles. The third-order valence-corrected chi connectivity index (χ3v) is 5.70. The molecular formula is C19H26N4O2S. The third kappa shape index (κ3) is 4.27. The van der Waals surface area contributed by atoms with Gasteiger partial charge in [-0.2, -0.15) is 0 Å². The standard InChI is InChI=1S/C19H26N4O2S/c1-3-4-9-23-18(25)15-7-5-6-8-16(15)20-19(23)26-14-17(24)22-12-10-21(2)11-13-22/h5-8H,3-4,9-14H2,1-2H3. The first kappa shape index (κ1) is 18.9. The van der Waals surface area contributed by atoms with E-state index in [1.165, 1.54) is 11.8 Å². The van der Waals surface area contributed by atoms with Crippen LogP contribution in [-0.2, 0) is 11.3 Å². The number of carbonyl (C=O) groups is 1. The molecule has 26 heavy (non-hydrogen) atoms. The number of fused-ring (bicyclic) bond motifs is 1. The van der Waals surface area contributed by atoms with Gasteiger partial charge in [0.15, 0.2) is 5.16 Å². The molecule has 0 aliphatic carbocycles. The maximum Gasteiger partial charge on any atom is 0.262 e. The fourth-order valence-corrected chi connectivity index (χ4v) is 3.97. The second-order valence-corrected chi connectivity index (χ2v) is 7.64. The first-order valence-corrected chi connectivity index (χ1v) is 10.2. The Balaban J connectivity index is 1.79. The number of unbranched alkanes of at least 4 members (excludes halogenated alkanes) is 1. The van der Waals surface area contributed by atoms with Crippen LogP contribution in [0, 0.1) is 0 Å². The van der Waals surface area contributed by atoms with Gasteiger partial charge in [-0.25, -0.2) is 4.98 Å². The van der Waals surface area contributed by atoms with Gasteiger partial charge in [0.05, 0.1) is 16.7 Å². The van der Waals surface area contributed by atoms with Gasteiger partial charge in [-0.1, -0.05) is 37.2 Å². The fourth-order valence-electron chi connectivity index (χ4n) is 3.04. The highest BCUT2D eigenvalue weighted by Gasteiger charge is 2.20. The van der Waals surface area contributed by atoms with Crippen LogP contribution < -0.4 is 5.56 Å². The molecule has 1 aliphatic rings. The average molecular weight is 375 g/mol. The zero-order valence-electron chi connectivity index (χ0n) is 15.5. The molecule has 0 N–H and O–H groups in total. The van der Waals surface area contributed by atoms with E-state index in [-0.39, 0.29) is 11.5 Å². The van der Waals surface area contributed by atoms with Gasteiger partial charge >= 0.3 is 0 Å². The summed E-state index contributed by atoms with van der Waals surface area (Å²) < 4.78 is 1.73. The molecule has 140 valence electrons. The second kappa shape index (κ2) is 8.68. The number of rotatable bonds is 6. The van der Waals surface area contributed by atoms with E-state index in [1.54, 1.807) is 4.57 Å². The van der Waals surface area contributed by atoms with Crippen molar-refractivity contribution >= 4 is 28.6 Å².